The minimum absolute atomic E-state index is 0.210. The average Bonchev–Trinajstić information content (AvgIpc) is 3.15. The van der Waals surface area contributed by atoms with Gasteiger partial charge in [0.15, 0.2) is 6.61 Å². The van der Waals surface area contributed by atoms with Gasteiger partial charge in [0, 0.05) is 24.6 Å². The Labute approximate surface area is 170 Å². The van der Waals surface area contributed by atoms with Crippen molar-refractivity contribution in [2.45, 2.75) is 24.2 Å². The zero-order valence-electron chi connectivity index (χ0n) is 15.6. The van der Waals surface area contributed by atoms with Crippen molar-refractivity contribution in [1.82, 2.24) is 15.5 Å². The fourth-order valence-electron chi connectivity index (χ4n) is 2.35. The summed E-state index contributed by atoms with van der Waals surface area (Å²) in [6.45, 7) is 1.58. The van der Waals surface area contributed by atoms with Gasteiger partial charge in [-0.3, -0.25) is 4.79 Å². The van der Waals surface area contributed by atoms with Crippen LogP contribution in [0, 0.1) is 12.7 Å². The highest BCUT2D eigenvalue weighted by atomic mass is 32.2. The Morgan fingerprint density at radius 1 is 1.24 bits per heavy atom. The van der Waals surface area contributed by atoms with Crippen LogP contribution in [0.5, 0.6) is 0 Å². The fourth-order valence-corrected chi connectivity index (χ4v) is 3.22. The number of hydrogen-bond acceptors (Lipinski definition) is 7. The molecule has 2 heterocycles. The van der Waals surface area contributed by atoms with Crippen molar-refractivity contribution < 1.29 is 23.2 Å². The standard InChI is InChI=1S/C20H18FN3O4S/c1-13-9-16(24-28-13)12-29-19-17(3-2-8-22-19)20(26)27-11-18(25)23-10-14-4-6-15(21)7-5-14/h2-9H,10-12H2,1H3,(H,23,25). The summed E-state index contributed by atoms with van der Waals surface area (Å²) in [5, 5.41) is 6.99. The number of hydrogen-bond donors (Lipinski definition) is 1. The summed E-state index contributed by atoms with van der Waals surface area (Å²) in [7, 11) is 0. The Bertz CT molecular complexity index is 991. The number of benzene rings is 1. The number of carbonyl (C=O) groups excluding carboxylic acids is 2. The number of esters is 1. The Kier molecular flexibility index (Phi) is 6.96. The van der Waals surface area contributed by atoms with Gasteiger partial charge in [-0.25, -0.2) is 14.2 Å². The van der Waals surface area contributed by atoms with Crippen molar-refractivity contribution in [2.24, 2.45) is 0 Å². The van der Waals surface area contributed by atoms with Crippen LogP contribution in [-0.2, 0) is 21.8 Å². The van der Waals surface area contributed by atoms with Crippen molar-refractivity contribution in [2.75, 3.05) is 6.61 Å². The van der Waals surface area contributed by atoms with Crippen molar-refractivity contribution in [3.63, 3.8) is 0 Å². The van der Waals surface area contributed by atoms with Crippen LogP contribution >= 0.6 is 11.8 Å². The number of nitrogens with one attached hydrogen (secondary N) is 1. The van der Waals surface area contributed by atoms with E-state index in [4.69, 9.17) is 9.26 Å². The highest BCUT2D eigenvalue weighted by molar-refractivity contribution is 7.98. The number of amides is 1. The van der Waals surface area contributed by atoms with Crippen molar-refractivity contribution in [3.8, 4) is 0 Å². The first kappa shape index (κ1) is 20.5. The summed E-state index contributed by atoms with van der Waals surface area (Å²) >= 11 is 1.32. The lowest BCUT2D eigenvalue weighted by Gasteiger charge is -2.09. The van der Waals surface area contributed by atoms with Crippen LogP contribution in [-0.4, -0.2) is 28.6 Å². The largest absolute Gasteiger partial charge is 0.452 e. The second-order valence-electron chi connectivity index (χ2n) is 6.05. The molecule has 1 aromatic carbocycles. The summed E-state index contributed by atoms with van der Waals surface area (Å²) < 4.78 is 23.0. The second kappa shape index (κ2) is 9.83. The predicted molar refractivity (Wildman–Crippen MR) is 104 cm³/mol. The van der Waals surface area contributed by atoms with Gasteiger partial charge < -0.3 is 14.6 Å². The van der Waals surface area contributed by atoms with E-state index < -0.39 is 18.5 Å². The summed E-state index contributed by atoms with van der Waals surface area (Å²) in [5.74, 6) is -0.272. The third kappa shape index (κ3) is 6.15. The van der Waals surface area contributed by atoms with Gasteiger partial charge in [0.05, 0.1) is 11.3 Å². The molecule has 0 spiro atoms. The van der Waals surface area contributed by atoms with Gasteiger partial charge in [0.2, 0.25) is 0 Å². The highest BCUT2D eigenvalue weighted by Gasteiger charge is 2.16. The molecule has 7 nitrogen and oxygen atoms in total. The Balaban J connectivity index is 1.50. The number of carbonyl (C=O) groups is 2. The molecule has 0 aliphatic carbocycles. The Morgan fingerprint density at radius 3 is 2.76 bits per heavy atom. The summed E-state index contributed by atoms with van der Waals surface area (Å²) in [4.78, 5) is 28.5. The first-order valence-electron chi connectivity index (χ1n) is 8.69. The minimum atomic E-state index is -0.645. The molecular weight excluding hydrogens is 397 g/mol. The molecule has 3 aromatic rings. The molecule has 1 N–H and O–H groups in total. The number of pyridine rings is 1. The predicted octanol–water partition coefficient (Wildman–Crippen LogP) is 3.28. The van der Waals surface area contributed by atoms with Crippen LogP contribution in [0.4, 0.5) is 4.39 Å². The van der Waals surface area contributed by atoms with E-state index in [1.54, 1.807) is 43.5 Å². The second-order valence-corrected chi connectivity index (χ2v) is 7.02. The van der Waals surface area contributed by atoms with E-state index in [-0.39, 0.29) is 17.9 Å². The van der Waals surface area contributed by atoms with Gasteiger partial charge in [-0.1, -0.05) is 29.1 Å². The maximum absolute atomic E-state index is 12.9. The van der Waals surface area contributed by atoms with Crippen LogP contribution in [0.3, 0.4) is 0 Å². The third-order valence-electron chi connectivity index (χ3n) is 3.76. The summed E-state index contributed by atoms with van der Waals surface area (Å²) in [6.07, 6.45) is 1.57. The summed E-state index contributed by atoms with van der Waals surface area (Å²) in [5.41, 5.74) is 1.74. The molecule has 1 amide bonds. The third-order valence-corrected chi connectivity index (χ3v) is 4.80. The molecule has 0 saturated heterocycles. The van der Waals surface area contributed by atoms with Gasteiger partial charge >= 0.3 is 5.97 Å². The zero-order chi connectivity index (χ0) is 20.6. The van der Waals surface area contributed by atoms with E-state index in [1.807, 2.05) is 0 Å². The number of aromatic nitrogens is 2. The molecule has 0 fully saturated rings. The molecule has 0 atom stereocenters. The van der Waals surface area contributed by atoms with Crippen LogP contribution in [0.15, 0.2) is 58.2 Å². The lowest BCUT2D eigenvalue weighted by atomic mass is 10.2. The molecule has 0 aliphatic rings. The Hall–Kier alpha value is -3.20. The van der Waals surface area contributed by atoms with Crippen LogP contribution < -0.4 is 5.32 Å². The van der Waals surface area contributed by atoms with Crippen molar-refractivity contribution >= 4 is 23.6 Å². The smallest absolute Gasteiger partial charge is 0.341 e. The van der Waals surface area contributed by atoms with Crippen LogP contribution in [0.2, 0.25) is 0 Å². The highest BCUT2D eigenvalue weighted by Crippen LogP contribution is 2.24. The van der Waals surface area contributed by atoms with Gasteiger partial charge in [0.25, 0.3) is 5.91 Å². The number of rotatable bonds is 8. The molecule has 0 bridgehead atoms. The molecule has 0 aliphatic heterocycles. The lowest BCUT2D eigenvalue weighted by molar-refractivity contribution is -0.124. The van der Waals surface area contributed by atoms with Gasteiger partial charge in [-0.2, -0.15) is 0 Å². The Morgan fingerprint density at radius 2 is 2.03 bits per heavy atom. The van der Waals surface area contributed by atoms with Crippen molar-refractivity contribution in [1.29, 1.82) is 0 Å². The van der Waals surface area contributed by atoms with E-state index in [0.717, 1.165) is 11.3 Å². The average molecular weight is 415 g/mol. The van der Waals surface area contributed by atoms with E-state index in [9.17, 15) is 14.0 Å². The number of nitrogens with zero attached hydrogens (tertiary/aromatic N) is 2. The lowest BCUT2D eigenvalue weighted by Crippen LogP contribution is -2.28. The van der Waals surface area contributed by atoms with Crippen LogP contribution in [0.25, 0.3) is 0 Å². The first-order valence-corrected chi connectivity index (χ1v) is 9.68. The number of halogens is 1. The molecule has 2 aromatic heterocycles. The van der Waals surface area contributed by atoms with Gasteiger partial charge in [-0.15, -0.1) is 0 Å². The zero-order valence-corrected chi connectivity index (χ0v) is 16.4. The molecule has 0 unspecified atom stereocenters. The SMILES string of the molecule is Cc1cc(CSc2ncccc2C(=O)OCC(=O)NCc2ccc(F)cc2)no1. The normalized spacial score (nSPS) is 10.6. The molecule has 0 radical (unpaired) electrons. The van der Waals surface area contributed by atoms with E-state index in [2.05, 4.69) is 15.5 Å². The maximum Gasteiger partial charge on any atom is 0.341 e. The van der Waals surface area contributed by atoms with E-state index in [1.165, 1.54) is 23.9 Å². The fraction of sp³-hybridized carbons (Fsp3) is 0.200. The molecule has 150 valence electrons. The van der Waals surface area contributed by atoms with E-state index in [0.29, 0.717) is 16.5 Å². The number of thioether (sulfide) groups is 1. The molecule has 9 heteroatoms. The van der Waals surface area contributed by atoms with Crippen LogP contribution in [0.1, 0.15) is 27.4 Å². The maximum atomic E-state index is 12.9. The van der Waals surface area contributed by atoms with Crippen molar-refractivity contribution in [3.05, 3.63) is 77.1 Å². The minimum Gasteiger partial charge on any atom is -0.452 e. The summed E-state index contributed by atoms with van der Waals surface area (Å²) in [6, 6.07) is 10.8. The first-order chi connectivity index (χ1) is 14.0. The molecule has 29 heavy (non-hydrogen) atoms. The van der Waals surface area contributed by atoms with E-state index >= 15 is 0 Å². The topological polar surface area (TPSA) is 94.3 Å². The number of aryl methyl sites for hydroxylation is 1. The quantitative estimate of drug-likeness (QED) is 0.446. The van der Waals surface area contributed by atoms with Gasteiger partial charge in [-0.05, 0) is 36.8 Å². The monoisotopic (exact) mass is 415 g/mol. The van der Waals surface area contributed by atoms with Gasteiger partial charge in [0.1, 0.15) is 16.6 Å². The molecule has 3 rings (SSSR count). The molecule has 0 saturated carbocycles. The molecular formula is C20H18FN3O4S. The number of ether oxygens (including phenoxy) is 1.